The van der Waals surface area contributed by atoms with Crippen LogP contribution in [-0.4, -0.2) is 54.5 Å². The Morgan fingerprint density at radius 2 is 2.15 bits per heavy atom. The zero-order valence-corrected chi connectivity index (χ0v) is 15.7. The van der Waals surface area contributed by atoms with Crippen LogP contribution in [0.25, 0.3) is 0 Å². The van der Waals surface area contributed by atoms with Gasteiger partial charge < -0.3 is 20.9 Å². The van der Waals surface area contributed by atoms with E-state index in [1.54, 1.807) is 0 Å². The minimum atomic E-state index is -0.214. The van der Waals surface area contributed by atoms with Crippen molar-refractivity contribution in [3.8, 4) is 0 Å². The van der Waals surface area contributed by atoms with Crippen molar-refractivity contribution in [2.45, 2.75) is 39.2 Å². The van der Waals surface area contributed by atoms with Gasteiger partial charge in [0, 0.05) is 44.5 Å². The molecule has 2 saturated heterocycles. The van der Waals surface area contributed by atoms with Gasteiger partial charge >= 0.3 is 0 Å². The first-order valence-electron chi connectivity index (χ1n) is 9.70. The summed E-state index contributed by atoms with van der Waals surface area (Å²) in [4.78, 5) is 25.5. The Labute approximate surface area is 155 Å². The molecule has 0 radical (unpaired) electrons. The van der Waals surface area contributed by atoms with Crippen LogP contribution in [0, 0.1) is 5.92 Å². The number of rotatable bonds is 5. The number of carbonyl (C=O) groups is 1. The van der Waals surface area contributed by atoms with Crippen molar-refractivity contribution in [1.29, 1.82) is 0 Å². The summed E-state index contributed by atoms with van der Waals surface area (Å²) < 4.78 is 0. The van der Waals surface area contributed by atoms with Crippen LogP contribution < -0.4 is 16.0 Å². The number of primary amides is 1. The monoisotopic (exact) mass is 358 g/mol. The van der Waals surface area contributed by atoms with Crippen molar-refractivity contribution >= 4 is 17.7 Å². The fourth-order valence-electron chi connectivity index (χ4n) is 3.75. The number of likely N-dealkylation sites (tertiary alicyclic amines) is 1. The quantitative estimate of drug-likeness (QED) is 0.613. The minimum Gasteiger partial charge on any atom is -0.369 e. The first kappa shape index (κ1) is 18.5. The topological polar surface area (TPSA) is 86.9 Å². The number of pyridine rings is 1. The van der Waals surface area contributed by atoms with E-state index in [1.807, 2.05) is 12.3 Å². The molecule has 0 spiro atoms. The molecule has 1 unspecified atom stereocenters. The van der Waals surface area contributed by atoms with E-state index in [9.17, 15) is 4.79 Å². The number of nitrogens with one attached hydrogen (secondary N) is 1. The third-order valence-corrected chi connectivity index (χ3v) is 5.13. The molecule has 142 valence electrons. The molecule has 3 N–H and O–H groups in total. The molecule has 1 aromatic rings. The first-order chi connectivity index (χ1) is 12.7. The molecular formula is C19H30N6O. The van der Waals surface area contributed by atoms with Crippen LogP contribution >= 0.6 is 0 Å². The van der Waals surface area contributed by atoms with Gasteiger partial charge in [-0.05, 0) is 38.7 Å². The number of anilines is 1. The van der Waals surface area contributed by atoms with Crippen molar-refractivity contribution in [2.75, 3.05) is 37.6 Å². The van der Waals surface area contributed by atoms with Gasteiger partial charge in [-0.3, -0.25) is 4.79 Å². The fourth-order valence-corrected chi connectivity index (χ4v) is 3.75. The van der Waals surface area contributed by atoms with Gasteiger partial charge in [0.05, 0.1) is 12.5 Å². The number of aromatic nitrogens is 1. The summed E-state index contributed by atoms with van der Waals surface area (Å²) in [6.07, 6.45) is 6.09. The van der Waals surface area contributed by atoms with Gasteiger partial charge in [-0.2, -0.15) is 0 Å². The Morgan fingerprint density at radius 1 is 1.35 bits per heavy atom. The molecule has 2 aliphatic heterocycles. The van der Waals surface area contributed by atoms with Crippen molar-refractivity contribution in [1.82, 2.24) is 15.2 Å². The number of aliphatic imine (C=N–C) groups is 1. The van der Waals surface area contributed by atoms with Gasteiger partial charge in [-0.25, -0.2) is 9.98 Å². The number of piperidine rings is 1. The average molecular weight is 358 g/mol. The molecule has 1 atom stereocenters. The molecular weight excluding hydrogens is 328 g/mol. The average Bonchev–Trinajstić information content (AvgIpc) is 3.20. The van der Waals surface area contributed by atoms with Gasteiger partial charge in [0.25, 0.3) is 0 Å². The van der Waals surface area contributed by atoms with E-state index in [0.717, 1.165) is 56.4 Å². The first-order valence-corrected chi connectivity index (χ1v) is 9.70. The minimum absolute atomic E-state index is 0.0935. The molecule has 0 aromatic carbocycles. The molecule has 7 nitrogen and oxygen atoms in total. The second-order valence-corrected chi connectivity index (χ2v) is 7.04. The van der Waals surface area contributed by atoms with Crippen molar-refractivity contribution < 1.29 is 4.79 Å². The van der Waals surface area contributed by atoms with Crippen LogP contribution in [0.15, 0.2) is 23.3 Å². The molecule has 0 bridgehead atoms. The van der Waals surface area contributed by atoms with Crippen LogP contribution in [0.4, 0.5) is 5.82 Å². The second kappa shape index (κ2) is 8.87. The van der Waals surface area contributed by atoms with Gasteiger partial charge in [0.15, 0.2) is 5.96 Å². The highest BCUT2D eigenvalue weighted by atomic mass is 16.1. The second-order valence-electron chi connectivity index (χ2n) is 7.04. The molecule has 2 aliphatic rings. The smallest absolute Gasteiger partial charge is 0.222 e. The highest BCUT2D eigenvalue weighted by Gasteiger charge is 2.26. The summed E-state index contributed by atoms with van der Waals surface area (Å²) in [5.74, 6) is 1.60. The maximum Gasteiger partial charge on any atom is 0.222 e. The zero-order chi connectivity index (χ0) is 18.4. The van der Waals surface area contributed by atoms with Crippen LogP contribution in [0.1, 0.15) is 38.2 Å². The third-order valence-electron chi connectivity index (χ3n) is 5.13. The number of nitrogens with zero attached hydrogens (tertiary/aromatic N) is 4. The molecule has 0 aliphatic carbocycles. The predicted octanol–water partition coefficient (Wildman–Crippen LogP) is 1.34. The largest absolute Gasteiger partial charge is 0.369 e. The fraction of sp³-hybridized carbons (Fsp3) is 0.632. The Bertz CT molecular complexity index is 641. The van der Waals surface area contributed by atoms with E-state index in [0.29, 0.717) is 13.1 Å². The number of hydrogen-bond donors (Lipinski definition) is 2. The van der Waals surface area contributed by atoms with Gasteiger partial charge in [0.1, 0.15) is 5.82 Å². The van der Waals surface area contributed by atoms with Gasteiger partial charge in [0.2, 0.25) is 5.91 Å². The maximum absolute atomic E-state index is 11.6. The van der Waals surface area contributed by atoms with Crippen molar-refractivity contribution in [3.05, 3.63) is 23.9 Å². The van der Waals surface area contributed by atoms with Gasteiger partial charge in [-0.15, -0.1) is 0 Å². The number of hydrogen-bond acceptors (Lipinski definition) is 4. The Kier molecular flexibility index (Phi) is 6.30. The summed E-state index contributed by atoms with van der Waals surface area (Å²) >= 11 is 0. The molecule has 3 heterocycles. The summed E-state index contributed by atoms with van der Waals surface area (Å²) in [6.45, 7) is 7.23. The lowest BCUT2D eigenvalue weighted by atomic mass is 9.97. The van der Waals surface area contributed by atoms with Crippen LogP contribution in [0.3, 0.4) is 0 Å². The molecule has 7 heteroatoms. The summed E-state index contributed by atoms with van der Waals surface area (Å²) in [5, 5.41) is 3.40. The summed E-state index contributed by atoms with van der Waals surface area (Å²) in [5.41, 5.74) is 6.62. The van der Waals surface area contributed by atoms with Crippen LogP contribution in [-0.2, 0) is 11.3 Å². The van der Waals surface area contributed by atoms with E-state index >= 15 is 0 Å². The lowest BCUT2D eigenvalue weighted by molar-refractivity contribution is -0.122. The normalized spacial score (nSPS) is 21.1. The van der Waals surface area contributed by atoms with E-state index in [-0.39, 0.29) is 11.8 Å². The lowest BCUT2D eigenvalue weighted by Crippen LogP contribution is -2.42. The Balaban J connectivity index is 1.76. The highest BCUT2D eigenvalue weighted by molar-refractivity contribution is 5.80. The number of amides is 1. The highest BCUT2D eigenvalue weighted by Crippen LogP contribution is 2.25. The summed E-state index contributed by atoms with van der Waals surface area (Å²) in [6, 6.07) is 4.03. The van der Waals surface area contributed by atoms with Crippen molar-refractivity contribution in [3.63, 3.8) is 0 Å². The van der Waals surface area contributed by atoms with E-state index in [1.165, 1.54) is 12.8 Å². The molecule has 2 fully saturated rings. The predicted molar refractivity (Wildman–Crippen MR) is 104 cm³/mol. The number of nitrogens with two attached hydrogens (primary N) is 1. The van der Waals surface area contributed by atoms with Crippen LogP contribution in [0.5, 0.6) is 0 Å². The van der Waals surface area contributed by atoms with E-state index in [4.69, 9.17) is 10.7 Å². The molecule has 3 rings (SSSR count). The molecule has 1 aromatic heterocycles. The Hall–Kier alpha value is -2.31. The zero-order valence-electron chi connectivity index (χ0n) is 15.7. The molecule has 1 amide bonds. The molecule has 0 saturated carbocycles. The Morgan fingerprint density at radius 3 is 2.88 bits per heavy atom. The third kappa shape index (κ3) is 4.45. The number of guanidine groups is 1. The lowest BCUT2D eigenvalue weighted by Gasteiger charge is -2.33. The van der Waals surface area contributed by atoms with Gasteiger partial charge in [-0.1, -0.05) is 6.07 Å². The standard InChI is InChI=1S/C19H30N6O/c1-2-21-19(24-10-3-4-11-24)23-13-15-7-5-9-22-18(15)25-12-6-8-16(14-25)17(20)26/h5,7,9,16H,2-4,6,8,10-14H2,1H3,(H2,20,26)(H,21,23). The van der Waals surface area contributed by atoms with E-state index in [2.05, 4.69) is 33.1 Å². The van der Waals surface area contributed by atoms with Crippen molar-refractivity contribution in [2.24, 2.45) is 16.6 Å². The van der Waals surface area contributed by atoms with Crippen LogP contribution in [0.2, 0.25) is 0 Å². The summed E-state index contributed by atoms with van der Waals surface area (Å²) in [7, 11) is 0. The van der Waals surface area contributed by atoms with E-state index < -0.39 is 0 Å². The maximum atomic E-state index is 11.6. The number of carbonyl (C=O) groups excluding carboxylic acids is 1. The SMILES string of the molecule is CCNC(=NCc1cccnc1N1CCCC(C(N)=O)C1)N1CCCC1. The molecule has 26 heavy (non-hydrogen) atoms.